The Hall–Kier alpha value is -1.66. The fourth-order valence-electron chi connectivity index (χ4n) is 3.47. The number of hydrogen-bond donors (Lipinski definition) is 0. The van der Waals surface area contributed by atoms with Crippen molar-refractivity contribution in [2.75, 3.05) is 18.8 Å². The van der Waals surface area contributed by atoms with Crippen LogP contribution in [0.2, 0.25) is 0 Å². The Labute approximate surface area is 144 Å². The molecule has 1 aromatic heterocycles. The Kier molecular flexibility index (Phi) is 5.06. The highest BCUT2D eigenvalue weighted by molar-refractivity contribution is 7.89. The van der Waals surface area contributed by atoms with E-state index in [0.29, 0.717) is 25.6 Å². The van der Waals surface area contributed by atoms with Crippen LogP contribution in [0.25, 0.3) is 11.4 Å². The molecule has 0 atom stereocenters. The van der Waals surface area contributed by atoms with Crippen molar-refractivity contribution in [3.05, 3.63) is 42.2 Å². The molecule has 0 N–H and O–H groups in total. The molecule has 2 heterocycles. The number of imidazole rings is 1. The molecule has 24 heavy (non-hydrogen) atoms. The van der Waals surface area contributed by atoms with Crippen molar-refractivity contribution >= 4 is 10.0 Å². The summed E-state index contributed by atoms with van der Waals surface area (Å²) in [7, 11) is -3.09. The van der Waals surface area contributed by atoms with Gasteiger partial charge in [-0.1, -0.05) is 37.3 Å². The molecular formula is C18H25N3O2S. The number of piperidine rings is 1. The molecular weight excluding hydrogens is 322 g/mol. The van der Waals surface area contributed by atoms with E-state index in [4.69, 9.17) is 0 Å². The predicted octanol–water partition coefficient (Wildman–Crippen LogP) is 3.24. The second-order valence-corrected chi connectivity index (χ2v) is 8.49. The summed E-state index contributed by atoms with van der Waals surface area (Å²) in [6.45, 7) is 5.17. The molecule has 1 aliphatic heterocycles. The first kappa shape index (κ1) is 17.2. The minimum Gasteiger partial charge on any atom is -0.325 e. The average Bonchev–Trinajstić information content (AvgIpc) is 2.97. The third-order valence-electron chi connectivity index (χ3n) is 4.66. The lowest BCUT2D eigenvalue weighted by atomic mass is 10.1. The number of benzene rings is 1. The minimum atomic E-state index is -3.09. The quantitative estimate of drug-likeness (QED) is 0.834. The van der Waals surface area contributed by atoms with E-state index in [2.05, 4.69) is 28.6 Å². The van der Waals surface area contributed by atoms with E-state index in [0.717, 1.165) is 29.9 Å². The van der Waals surface area contributed by atoms with Crippen LogP contribution in [0.15, 0.2) is 36.5 Å². The van der Waals surface area contributed by atoms with Crippen molar-refractivity contribution in [1.82, 2.24) is 13.9 Å². The van der Waals surface area contributed by atoms with Gasteiger partial charge in [-0.3, -0.25) is 0 Å². The zero-order chi connectivity index (χ0) is 17.2. The molecule has 0 spiro atoms. The van der Waals surface area contributed by atoms with Crippen molar-refractivity contribution in [1.29, 1.82) is 0 Å². The molecule has 0 radical (unpaired) electrons. The van der Waals surface area contributed by atoms with E-state index in [-0.39, 0.29) is 5.75 Å². The Morgan fingerprint density at radius 3 is 2.46 bits per heavy atom. The van der Waals surface area contributed by atoms with E-state index in [1.807, 2.05) is 31.3 Å². The van der Waals surface area contributed by atoms with Gasteiger partial charge in [0.1, 0.15) is 5.82 Å². The summed E-state index contributed by atoms with van der Waals surface area (Å²) >= 11 is 0. The van der Waals surface area contributed by atoms with Gasteiger partial charge in [0.25, 0.3) is 0 Å². The largest absolute Gasteiger partial charge is 0.325 e. The van der Waals surface area contributed by atoms with Gasteiger partial charge >= 0.3 is 0 Å². The number of hydrogen-bond acceptors (Lipinski definition) is 3. The highest BCUT2D eigenvalue weighted by Gasteiger charge is 2.29. The molecule has 0 unspecified atom stereocenters. The zero-order valence-electron chi connectivity index (χ0n) is 14.4. The zero-order valence-corrected chi connectivity index (χ0v) is 15.2. The van der Waals surface area contributed by atoms with Crippen molar-refractivity contribution < 1.29 is 8.42 Å². The summed E-state index contributed by atoms with van der Waals surface area (Å²) in [5.74, 6) is 1.22. The van der Waals surface area contributed by atoms with E-state index in [1.54, 1.807) is 4.31 Å². The van der Waals surface area contributed by atoms with Crippen molar-refractivity contribution in [2.24, 2.45) is 0 Å². The van der Waals surface area contributed by atoms with Crippen LogP contribution >= 0.6 is 0 Å². The fourth-order valence-corrected chi connectivity index (χ4v) is 5.01. The van der Waals surface area contributed by atoms with Crippen molar-refractivity contribution in [3.63, 3.8) is 0 Å². The first-order valence-electron chi connectivity index (χ1n) is 8.60. The minimum absolute atomic E-state index is 0.247. The topological polar surface area (TPSA) is 55.2 Å². The molecule has 5 nitrogen and oxygen atoms in total. The number of aryl methyl sites for hydroxylation is 1. The molecule has 0 amide bonds. The number of nitrogens with zero attached hydrogens (tertiary/aromatic N) is 3. The molecule has 1 aliphatic rings. The highest BCUT2D eigenvalue weighted by atomic mass is 32.2. The second-order valence-electron chi connectivity index (χ2n) is 6.41. The first-order valence-corrected chi connectivity index (χ1v) is 10.2. The lowest BCUT2D eigenvalue weighted by Gasteiger charge is -2.33. The summed E-state index contributed by atoms with van der Waals surface area (Å²) < 4.78 is 28.4. The van der Waals surface area contributed by atoms with Gasteiger partial charge in [-0.25, -0.2) is 17.7 Å². The van der Waals surface area contributed by atoms with E-state index in [9.17, 15) is 8.42 Å². The first-order chi connectivity index (χ1) is 11.5. The van der Waals surface area contributed by atoms with Gasteiger partial charge in [-0.2, -0.15) is 0 Å². The Morgan fingerprint density at radius 1 is 1.17 bits per heavy atom. The van der Waals surface area contributed by atoms with Gasteiger partial charge in [-0.15, -0.1) is 0 Å². The monoisotopic (exact) mass is 347 g/mol. The van der Waals surface area contributed by atoms with Crippen LogP contribution in [0.3, 0.4) is 0 Å². The SMILES string of the molecule is CCCS(=O)(=O)N1CCC(n2c(C)cnc2-c2ccccc2)CC1. The second kappa shape index (κ2) is 7.07. The summed E-state index contributed by atoms with van der Waals surface area (Å²) in [5, 5.41) is 0. The Balaban J connectivity index is 1.80. The van der Waals surface area contributed by atoms with Crippen LogP contribution in [0.1, 0.15) is 37.9 Å². The maximum atomic E-state index is 12.2. The van der Waals surface area contributed by atoms with Gasteiger partial charge in [0, 0.05) is 36.6 Å². The maximum absolute atomic E-state index is 12.2. The maximum Gasteiger partial charge on any atom is 0.214 e. The van der Waals surface area contributed by atoms with E-state index >= 15 is 0 Å². The van der Waals surface area contributed by atoms with Gasteiger partial charge in [0.05, 0.1) is 5.75 Å². The number of aromatic nitrogens is 2. The standard InChI is InChI=1S/C18H25N3O2S/c1-3-13-24(22,23)20-11-9-17(10-12-20)21-15(2)14-19-18(21)16-7-5-4-6-8-16/h4-8,14,17H,3,9-13H2,1-2H3. The number of sulfonamides is 1. The molecule has 6 heteroatoms. The Bertz CT molecular complexity index is 776. The molecule has 2 aromatic rings. The molecule has 1 aromatic carbocycles. The molecule has 3 rings (SSSR count). The van der Waals surface area contributed by atoms with Crippen LogP contribution < -0.4 is 0 Å². The lowest BCUT2D eigenvalue weighted by Crippen LogP contribution is -2.40. The summed E-state index contributed by atoms with van der Waals surface area (Å²) in [5.41, 5.74) is 2.23. The molecule has 130 valence electrons. The van der Waals surface area contributed by atoms with Crippen LogP contribution in [0.4, 0.5) is 0 Å². The van der Waals surface area contributed by atoms with Gasteiger partial charge in [0.2, 0.25) is 10.0 Å². The van der Waals surface area contributed by atoms with E-state index in [1.165, 1.54) is 0 Å². The number of rotatable bonds is 5. The fraction of sp³-hybridized carbons (Fsp3) is 0.500. The summed E-state index contributed by atoms with van der Waals surface area (Å²) in [4.78, 5) is 4.59. The molecule has 1 saturated heterocycles. The highest BCUT2D eigenvalue weighted by Crippen LogP contribution is 2.30. The molecule has 0 aliphatic carbocycles. The predicted molar refractivity (Wildman–Crippen MR) is 96.3 cm³/mol. The summed E-state index contributed by atoms with van der Waals surface area (Å²) in [6, 6.07) is 10.5. The Morgan fingerprint density at radius 2 is 1.83 bits per heavy atom. The molecule has 1 fully saturated rings. The third-order valence-corrected chi connectivity index (χ3v) is 6.73. The van der Waals surface area contributed by atoms with Crippen LogP contribution in [0, 0.1) is 6.92 Å². The van der Waals surface area contributed by atoms with E-state index < -0.39 is 10.0 Å². The average molecular weight is 347 g/mol. The van der Waals surface area contributed by atoms with Crippen molar-refractivity contribution in [3.8, 4) is 11.4 Å². The normalized spacial score (nSPS) is 17.2. The smallest absolute Gasteiger partial charge is 0.214 e. The lowest BCUT2D eigenvalue weighted by molar-refractivity contribution is 0.273. The molecule has 0 saturated carbocycles. The van der Waals surface area contributed by atoms with Gasteiger partial charge in [0.15, 0.2) is 0 Å². The molecule has 0 bridgehead atoms. The van der Waals surface area contributed by atoms with Gasteiger partial charge < -0.3 is 4.57 Å². The van der Waals surface area contributed by atoms with Crippen LogP contribution in [0.5, 0.6) is 0 Å². The third kappa shape index (κ3) is 3.39. The van der Waals surface area contributed by atoms with Gasteiger partial charge in [-0.05, 0) is 26.2 Å². The summed E-state index contributed by atoms with van der Waals surface area (Å²) in [6.07, 6.45) is 4.24. The van der Waals surface area contributed by atoms with Crippen LogP contribution in [-0.2, 0) is 10.0 Å². The van der Waals surface area contributed by atoms with Crippen molar-refractivity contribution in [2.45, 2.75) is 39.2 Å². The van der Waals surface area contributed by atoms with Crippen LogP contribution in [-0.4, -0.2) is 41.1 Å².